The zero-order valence-electron chi connectivity index (χ0n) is 12.2. The van der Waals surface area contributed by atoms with Crippen molar-refractivity contribution in [1.82, 2.24) is 15.0 Å². The van der Waals surface area contributed by atoms with E-state index in [4.69, 9.17) is 9.63 Å². The van der Waals surface area contributed by atoms with E-state index in [0.717, 1.165) is 17.0 Å². The molecule has 0 bridgehead atoms. The second-order valence-electron chi connectivity index (χ2n) is 5.44. The molecule has 1 saturated heterocycles. The van der Waals surface area contributed by atoms with Crippen molar-refractivity contribution < 1.29 is 22.8 Å². The van der Waals surface area contributed by atoms with Crippen LogP contribution in [0.5, 0.6) is 0 Å². The molecular weight excluding hydrogens is 287 g/mol. The lowest BCUT2D eigenvalue weighted by Gasteiger charge is -2.35. The molecule has 2 rings (SSSR count). The monoisotopic (exact) mass is 307 g/mol. The molecular formula is C13H20F3N3O2. The van der Waals surface area contributed by atoms with Crippen LogP contribution in [0.1, 0.15) is 17.0 Å². The first-order valence-electron chi connectivity index (χ1n) is 6.88. The summed E-state index contributed by atoms with van der Waals surface area (Å²) in [6.07, 6.45) is -6.82. The van der Waals surface area contributed by atoms with Crippen molar-refractivity contribution in [3.8, 4) is 0 Å². The highest BCUT2D eigenvalue weighted by molar-refractivity contribution is 5.20. The summed E-state index contributed by atoms with van der Waals surface area (Å²) in [5.41, 5.74) is 1.89. The maximum atomic E-state index is 12.3. The van der Waals surface area contributed by atoms with Gasteiger partial charge in [-0.25, -0.2) is 0 Å². The van der Waals surface area contributed by atoms with E-state index in [-0.39, 0.29) is 6.54 Å². The number of hydrogen-bond acceptors (Lipinski definition) is 5. The summed E-state index contributed by atoms with van der Waals surface area (Å²) >= 11 is 0. The van der Waals surface area contributed by atoms with Crippen LogP contribution in [0.3, 0.4) is 0 Å². The van der Waals surface area contributed by atoms with Gasteiger partial charge in [-0.3, -0.25) is 9.80 Å². The molecule has 1 aromatic heterocycles. The number of aliphatic hydroxyl groups is 1. The van der Waals surface area contributed by atoms with E-state index in [1.54, 1.807) is 4.90 Å². The third kappa shape index (κ3) is 4.18. The molecule has 0 spiro atoms. The molecule has 8 heteroatoms. The van der Waals surface area contributed by atoms with Crippen LogP contribution in [0.25, 0.3) is 0 Å². The van der Waals surface area contributed by atoms with E-state index in [2.05, 4.69) is 10.1 Å². The summed E-state index contributed by atoms with van der Waals surface area (Å²) in [7, 11) is 0. The molecule has 1 aromatic rings. The smallest absolute Gasteiger partial charge is 0.382 e. The van der Waals surface area contributed by atoms with Gasteiger partial charge >= 0.3 is 6.18 Å². The highest BCUT2D eigenvalue weighted by Gasteiger charge is 2.39. The number of rotatable bonds is 4. The number of β-amino-alcohol motifs (C(OH)–C–C–N with tert-alkyl or cyclic N) is 1. The average molecular weight is 307 g/mol. The van der Waals surface area contributed by atoms with E-state index < -0.39 is 12.3 Å². The normalized spacial score (nSPS) is 19.9. The molecule has 1 unspecified atom stereocenters. The molecule has 1 aliphatic rings. The first-order valence-corrected chi connectivity index (χ1v) is 6.88. The fourth-order valence-corrected chi connectivity index (χ4v) is 2.43. The molecule has 5 nitrogen and oxygen atoms in total. The quantitative estimate of drug-likeness (QED) is 0.909. The Morgan fingerprint density at radius 3 is 2.24 bits per heavy atom. The predicted octanol–water partition coefficient (Wildman–Crippen LogP) is 1.33. The Morgan fingerprint density at radius 2 is 1.76 bits per heavy atom. The molecule has 0 aliphatic carbocycles. The summed E-state index contributed by atoms with van der Waals surface area (Å²) in [6, 6.07) is 0. The number of halogens is 3. The lowest BCUT2D eigenvalue weighted by molar-refractivity contribution is -0.209. The molecule has 0 saturated carbocycles. The van der Waals surface area contributed by atoms with Gasteiger partial charge in [0.15, 0.2) is 6.10 Å². The highest BCUT2D eigenvalue weighted by atomic mass is 19.4. The fourth-order valence-electron chi connectivity index (χ4n) is 2.43. The van der Waals surface area contributed by atoms with Crippen molar-refractivity contribution in [1.29, 1.82) is 0 Å². The maximum Gasteiger partial charge on any atom is 0.415 e. The van der Waals surface area contributed by atoms with Crippen LogP contribution in [0.15, 0.2) is 4.52 Å². The first-order chi connectivity index (χ1) is 9.77. The molecule has 1 fully saturated rings. The molecule has 0 radical (unpaired) electrons. The first kappa shape index (κ1) is 16.3. The zero-order valence-corrected chi connectivity index (χ0v) is 12.2. The Balaban J connectivity index is 1.81. The zero-order chi connectivity index (χ0) is 15.6. The minimum atomic E-state index is -4.55. The van der Waals surface area contributed by atoms with E-state index in [1.807, 2.05) is 13.8 Å². The van der Waals surface area contributed by atoms with Crippen molar-refractivity contribution in [3.05, 3.63) is 17.0 Å². The Labute approximate surface area is 121 Å². The van der Waals surface area contributed by atoms with Crippen LogP contribution in [0, 0.1) is 13.8 Å². The van der Waals surface area contributed by atoms with Gasteiger partial charge in [0.25, 0.3) is 0 Å². The Kier molecular flexibility index (Phi) is 4.90. The molecule has 21 heavy (non-hydrogen) atoms. The molecule has 0 amide bonds. The lowest BCUT2D eigenvalue weighted by atomic mass is 10.1. The van der Waals surface area contributed by atoms with Crippen LogP contribution in [0.4, 0.5) is 13.2 Å². The van der Waals surface area contributed by atoms with Gasteiger partial charge in [0, 0.05) is 44.8 Å². The number of aromatic nitrogens is 1. The van der Waals surface area contributed by atoms with E-state index in [9.17, 15) is 13.2 Å². The Bertz CT molecular complexity index is 448. The van der Waals surface area contributed by atoms with Gasteiger partial charge in [-0.2, -0.15) is 13.2 Å². The molecule has 2 heterocycles. The molecule has 1 atom stereocenters. The van der Waals surface area contributed by atoms with Gasteiger partial charge in [0.1, 0.15) is 5.76 Å². The van der Waals surface area contributed by atoms with Crippen LogP contribution in [-0.2, 0) is 6.54 Å². The van der Waals surface area contributed by atoms with Crippen LogP contribution >= 0.6 is 0 Å². The van der Waals surface area contributed by atoms with Crippen molar-refractivity contribution in [2.24, 2.45) is 0 Å². The summed E-state index contributed by atoms with van der Waals surface area (Å²) in [5, 5.41) is 13.0. The highest BCUT2D eigenvalue weighted by Crippen LogP contribution is 2.21. The van der Waals surface area contributed by atoms with Gasteiger partial charge in [-0.1, -0.05) is 5.16 Å². The van der Waals surface area contributed by atoms with Crippen LogP contribution < -0.4 is 0 Å². The third-order valence-electron chi connectivity index (χ3n) is 3.84. The van der Waals surface area contributed by atoms with Gasteiger partial charge in [-0.15, -0.1) is 0 Å². The van der Waals surface area contributed by atoms with Gasteiger partial charge in [-0.05, 0) is 13.8 Å². The second-order valence-corrected chi connectivity index (χ2v) is 5.44. The number of hydrogen-bond donors (Lipinski definition) is 1. The van der Waals surface area contributed by atoms with Crippen LogP contribution in [0.2, 0.25) is 0 Å². The van der Waals surface area contributed by atoms with Crippen molar-refractivity contribution >= 4 is 0 Å². The van der Waals surface area contributed by atoms with Crippen molar-refractivity contribution in [3.63, 3.8) is 0 Å². The van der Waals surface area contributed by atoms with Crippen molar-refractivity contribution in [2.45, 2.75) is 32.7 Å². The third-order valence-corrected chi connectivity index (χ3v) is 3.84. The van der Waals surface area contributed by atoms with Gasteiger partial charge in [0.05, 0.1) is 5.69 Å². The summed E-state index contributed by atoms with van der Waals surface area (Å²) < 4.78 is 42.1. The number of aryl methyl sites for hydroxylation is 2. The number of piperazine rings is 1. The maximum absolute atomic E-state index is 12.3. The molecule has 1 N–H and O–H groups in total. The average Bonchev–Trinajstić information content (AvgIpc) is 2.71. The summed E-state index contributed by atoms with van der Waals surface area (Å²) in [4.78, 5) is 3.80. The topological polar surface area (TPSA) is 52.7 Å². The molecule has 0 aromatic carbocycles. The number of alkyl halides is 3. The summed E-state index contributed by atoms with van der Waals surface area (Å²) in [6.45, 7) is 6.41. The Morgan fingerprint density at radius 1 is 1.19 bits per heavy atom. The SMILES string of the molecule is Cc1noc(C)c1CN1CCN(CC(O)C(F)(F)F)CC1. The Hall–Kier alpha value is -1.12. The van der Waals surface area contributed by atoms with E-state index >= 15 is 0 Å². The number of nitrogens with zero attached hydrogens (tertiary/aromatic N) is 3. The van der Waals surface area contributed by atoms with Crippen molar-refractivity contribution in [2.75, 3.05) is 32.7 Å². The van der Waals surface area contributed by atoms with E-state index in [0.29, 0.717) is 32.7 Å². The summed E-state index contributed by atoms with van der Waals surface area (Å²) in [5.74, 6) is 0.780. The second kappa shape index (κ2) is 6.33. The minimum Gasteiger partial charge on any atom is -0.382 e. The van der Waals surface area contributed by atoms with Gasteiger partial charge < -0.3 is 9.63 Å². The lowest BCUT2D eigenvalue weighted by Crippen LogP contribution is -2.50. The fraction of sp³-hybridized carbons (Fsp3) is 0.769. The van der Waals surface area contributed by atoms with E-state index in [1.165, 1.54) is 0 Å². The van der Waals surface area contributed by atoms with Crippen LogP contribution in [-0.4, -0.2) is 65.1 Å². The van der Waals surface area contributed by atoms with Gasteiger partial charge in [0.2, 0.25) is 0 Å². The largest absolute Gasteiger partial charge is 0.415 e. The predicted molar refractivity (Wildman–Crippen MR) is 69.8 cm³/mol. The standard InChI is InChI=1S/C13H20F3N3O2/c1-9-11(10(2)21-17-9)7-18-3-5-19(6-4-18)8-12(20)13(14,15)16/h12,20H,3-8H2,1-2H3. The molecule has 1 aliphatic heterocycles. The minimum absolute atomic E-state index is 0.358. The number of aliphatic hydroxyl groups excluding tert-OH is 1. The molecule has 120 valence electrons.